The summed E-state index contributed by atoms with van der Waals surface area (Å²) >= 11 is 0. The number of amidine groups is 1. The zero-order chi connectivity index (χ0) is 26.1. The van der Waals surface area contributed by atoms with Gasteiger partial charge in [-0.3, -0.25) is 15.0 Å². The van der Waals surface area contributed by atoms with Crippen molar-refractivity contribution in [2.24, 2.45) is 0 Å². The van der Waals surface area contributed by atoms with Crippen LogP contribution in [-0.4, -0.2) is 98.6 Å². The summed E-state index contributed by atoms with van der Waals surface area (Å²) in [6.07, 6.45) is -0.0430. The molecule has 1 aromatic rings. The van der Waals surface area contributed by atoms with E-state index in [1.165, 1.54) is 0 Å². The monoisotopic (exact) mass is 503 g/mol. The second-order valence-corrected chi connectivity index (χ2v) is 8.47. The Hall–Kier alpha value is -3.87. The number of benzene rings is 1. The Bertz CT molecular complexity index is 962. The van der Waals surface area contributed by atoms with Crippen LogP contribution in [0, 0.1) is 5.41 Å². The lowest BCUT2D eigenvalue weighted by Gasteiger charge is -2.31. The van der Waals surface area contributed by atoms with Crippen molar-refractivity contribution in [2.45, 2.75) is 25.8 Å². The molecule has 1 atom stereocenters. The lowest BCUT2D eigenvalue weighted by molar-refractivity contribution is -0.142. The minimum absolute atomic E-state index is 0.0528. The molecular formula is C23H33N7O6. The third-order valence-corrected chi connectivity index (χ3v) is 5.90. The Kier molecular flexibility index (Phi) is 9.45. The standard InChI is InChI=1S/C23H33N7O6/c1-3-35-19(31)8-10-25-22(33)26-18-9-11-30(21(18)32)17-6-4-16(5-7-17)20(24)27-36-23(34)29-14-12-28(2)13-15-29/h4-7,18H,3,8-15H2,1-2H3,(H2,24,27)(H2,25,26,33)/t18-/m0/s1. The fraction of sp³-hybridized carbons (Fsp3) is 0.522. The number of hydroxylamine groups is 1. The number of nitrogens with one attached hydrogen (secondary N) is 4. The van der Waals surface area contributed by atoms with Crippen LogP contribution < -0.4 is 21.0 Å². The van der Waals surface area contributed by atoms with Crippen LogP contribution in [-0.2, 0) is 19.2 Å². The molecule has 0 spiro atoms. The predicted molar refractivity (Wildman–Crippen MR) is 130 cm³/mol. The number of carbonyl (C=O) groups excluding carboxylic acids is 4. The summed E-state index contributed by atoms with van der Waals surface area (Å²) in [6, 6.07) is 5.46. The van der Waals surface area contributed by atoms with Gasteiger partial charge in [-0.2, -0.15) is 5.48 Å². The van der Waals surface area contributed by atoms with Gasteiger partial charge in [-0.05, 0) is 44.7 Å². The molecule has 0 radical (unpaired) electrons. The summed E-state index contributed by atoms with van der Waals surface area (Å²) < 4.78 is 4.80. The summed E-state index contributed by atoms with van der Waals surface area (Å²) in [5.41, 5.74) is 3.48. The van der Waals surface area contributed by atoms with Gasteiger partial charge in [0, 0.05) is 50.5 Å². The number of likely N-dealkylation sites (N-methyl/N-ethyl adjacent to an activating group) is 1. The SMILES string of the molecule is CCOC(=O)CCNC(=O)N[C@H]1CCN(c2ccc(C(=N)NOC(=O)N3CCN(C)CC3)cc2)C1=O. The van der Waals surface area contributed by atoms with E-state index in [2.05, 4.69) is 21.0 Å². The Morgan fingerprint density at radius 1 is 1.08 bits per heavy atom. The normalized spacial score (nSPS) is 17.9. The zero-order valence-electron chi connectivity index (χ0n) is 20.5. The molecule has 13 nitrogen and oxygen atoms in total. The molecule has 0 unspecified atom stereocenters. The molecule has 196 valence electrons. The van der Waals surface area contributed by atoms with Crippen molar-refractivity contribution in [1.82, 2.24) is 25.9 Å². The molecule has 0 saturated carbocycles. The highest BCUT2D eigenvalue weighted by molar-refractivity contribution is 6.02. The number of urea groups is 1. The topological polar surface area (TPSA) is 156 Å². The molecule has 0 bridgehead atoms. The van der Waals surface area contributed by atoms with Gasteiger partial charge < -0.3 is 34.9 Å². The average molecular weight is 504 g/mol. The Morgan fingerprint density at radius 3 is 2.44 bits per heavy atom. The van der Waals surface area contributed by atoms with Gasteiger partial charge >= 0.3 is 18.1 Å². The highest BCUT2D eigenvalue weighted by Crippen LogP contribution is 2.22. The maximum Gasteiger partial charge on any atom is 0.434 e. The maximum atomic E-state index is 12.8. The molecule has 0 aromatic heterocycles. The quantitative estimate of drug-likeness (QED) is 0.179. The van der Waals surface area contributed by atoms with Crippen LogP contribution in [0.15, 0.2) is 24.3 Å². The van der Waals surface area contributed by atoms with Crippen LogP contribution in [0.25, 0.3) is 0 Å². The fourth-order valence-corrected chi connectivity index (χ4v) is 3.81. The van der Waals surface area contributed by atoms with E-state index in [1.54, 1.807) is 41.0 Å². The minimum atomic E-state index is -0.679. The molecule has 2 aliphatic rings. The molecule has 4 amide bonds. The maximum absolute atomic E-state index is 12.8. The van der Waals surface area contributed by atoms with Crippen LogP contribution in [0.2, 0.25) is 0 Å². The molecule has 1 aromatic carbocycles. The van der Waals surface area contributed by atoms with Gasteiger partial charge in [0.2, 0.25) is 5.91 Å². The van der Waals surface area contributed by atoms with Gasteiger partial charge in [-0.25, -0.2) is 9.59 Å². The van der Waals surface area contributed by atoms with Gasteiger partial charge in [-0.15, -0.1) is 0 Å². The van der Waals surface area contributed by atoms with E-state index in [0.717, 1.165) is 13.1 Å². The summed E-state index contributed by atoms with van der Waals surface area (Å²) in [7, 11) is 1.99. The lowest BCUT2D eigenvalue weighted by Crippen LogP contribution is -2.48. The van der Waals surface area contributed by atoms with Crippen LogP contribution >= 0.6 is 0 Å². The first-order chi connectivity index (χ1) is 17.3. The van der Waals surface area contributed by atoms with Crippen LogP contribution in [0.5, 0.6) is 0 Å². The average Bonchev–Trinajstić information content (AvgIpc) is 3.22. The van der Waals surface area contributed by atoms with Crippen molar-refractivity contribution >= 4 is 35.5 Å². The molecule has 3 rings (SSSR count). The number of rotatable bonds is 7. The van der Waals surface area contributed by atoms with Crippen molar-refractivity contribution in [3.05, 3.63) is 29.8 Å². The van der Waals surface area contributed by atoms with E-state index in [-0.39, 0.29) is 31.3 Å². The van der Waals surface area contributed by atoms with E-state index >= 15 is 0 Å². The number of carbonyl (C=O) groups is 4. The third-order valence-electron chi connectivity index (χ3n) is 5.90. The first-order valence-corrected chi connectivity index (χ1v) is 11.9. The Balaban J connectivity index is 1.44. The van der Waals surface area contributed by atoms with E-state index < -0.39 is 24.1 Å². The molecule has 2 aliphatic heterocycles. The van der Waals surface area contributed by atoms with Gasteiger partial charge in [-0.1, -0.05) is 0 Å². The molecule has 4 N–H and O–H groups in total. The number of hydrogen-bond acceptors (Lipinski definition) is 8. The van der Waals surface area contributed by atoms with Gasteiger partial charge in [0.15, 0.2) is 5.84 Å². The van der Waals surface area contributed by atoms with Gasteiger partial charge in [0.05, 0.1) is 13.0 Å². The van der Waals surface area contributed by atoms with Crippen molar-refractivity contribution in [3.8, 4) is 0 Å². The summed E-state index contributed by atoms with van der Waals surface area (Å²) in [5, 5.41) is 13.3. The van der Waals surface area contributed by atoms with E-state index in [4.69, 9.17) is 15.0 Å². The van der Waals surface area contributed by atoms with Crippen molar-refractivity contribution in [2.75, 3.05) is 57.8 Å². The number of hydrogen-bond donors (Lipinski definition) is 4. The molecule has 2 saturated heterocycles. The van der Waals surface area contributed by atoms with E-state index in [9.17, 15) is 19.2 Å². The number of nitrogens with zero attached hydrogens (tertiary/aromatic N) is 3. The van der Waals surface area contributed by atoms with Crippen molar-refractivity contribution < 1.29 is 28.8 Å². The highest BCUT2D eigenvalue weighted by Gasteiger charge is 2.33. The van der Waals surface area contributed by atoms with Crippen LogP contribution in [0.4, 0.5) is 15.3 Å². The largest absolute Gasteiger partial charge is 0.466 e. The minimum Gasteiger partial charge on any atom is -0.466 e. The molecular weight excluding hydrogens is 470 g/mol. The lowest BCUT2D eigenvalue weighted by atomic mass is 10.2. The molecule has 2 heterocycles. The number of esters is 1. The fourth-order valence-electron chi connectivity index (χ4n) is 3.81. The first-order valence-electron chi connectivity index (χ1n) is 11.9. The predicted octanol–water partition coefficient (Wildman–Crippen LogP) is 0.258. The van der Waals surface area contributed by atoms with Crippen LogP contribution in [0.3, 0.4) is 0 Å². The Morgan fingerprint density at radius 2 is 1.78 bits per heavy atom. The molecule has 13 heteroatoms. The Labute approximate surface area is 209 Å². The highest BCUT2D eigenvalue weighted by atomic mass is 16.7. The second-order valence-electron chi connectivity index (χ2n) is 8.47. The van der Waals surface area contributed by atoms with Gasteiger partial charge in [0.1, 0.15) is 6.04 Å². The zero-order valence-corrected chi connectivity index (χ0v) is 20.5. The number of piperazine rings is 1. The molecule has 36 heavy (non-hydrogen) atoms. The second kappa shape index (κ2) is 12.7. The molecule has 2 fully saturated rings. The third kappa shape index (κ3) is 7.31. The first kappa shape index (κ1) is 26.7. The van der Waals surface area contributed by atoms with E-state index in [0.29, 0.717) is 37.3 Å². The summed E-state index contributed by atoms with van der Waals surface area (Å²) in [5.74, 6) is -0.741. The summed E-state index contributed by atoms with van der Waals surface area (Å²) in [4.78, 5) is 58.6. The van der Waals surface area contributed by atoms with Crippen molar-refractivity contribution in [3.63, 3.8) is 0 Å². The number of amides is 4. The van der Waals surface area contributed by atoms with E-state index in [1.807, 2.05) is 7.05 Å². The number of anilines is 1. The van der Waals surface area contributed by atoms with Crippen LogP contribution in [0.1, 0.15) is 25.3 Å². The molecule has 0 aliphatic carbocycles. The smallest absolute Gasteiger partial charge is 0.434 e. The number of ether oxygens (including phenoxy) is 1. The van der Waals surface area contributed by atoms with Gasteiger partial charge in [0.25, 0.3) is 0 Å². The summed E-state index contributed by atoms with van der Waals surface area (Å²) in [6.45, 7) is 5.17. The van der Waals surface area contributed by atoms with Crippen molar-refractivity contribution in [1.29, 1.82) is 5.41 Å².